The molecule has 3 rings (SSSR count). The first-order valence-corrected chi connectivity index (χ1v) is 9.64. The zero-order valence-corrected chi connectivity index (χ0v) is 16.1. The van der Waals surface area contributed by atoms with Crippen LogP contribution < -0.4 is 5.32 Å². The monoisotopic (exact) mass is 364 g/mol. The Labute approximate surface area is 156 Å². The van der Waals surface area contributed by atoms with Crippen molar-refractivity contribution in [3.8, 4) is 0 Å². The summed E-state index contributed by atoms with van der Waals surface area (Å²) in [7, 11) is 4.07. The molecule has 2 saturated heterocycles. The first-order chi connectivity index (χ1) is 12.6. The summed E-state index contributed by atoms with van der Waals surface area (Å²) in [5.41, 5.74) is 0. The third-order valence-corrected chi connectivity index (χ3v) is 5.17. The highest BCUT2D eigenvalue weighted by Gasteiger charge is 2.24. The third kappa shape index (κ3) is 5.69. The standard InChI is InChI=1S/C18H32N6O2/c1-21(2)7-12-24-6-3-17(20-24)19-18(25)23-10-8-22(9-11-23)15-16-4-13-26-14-5-16/h3,6,16H,4-5,7-15H2,1-2H3,(H,19,20,25). The van der Waals surface area contributed by atoms with Crippen molar-refractivity contribution in [2.24, 2.45) is 5.92 Å². The van der Waals surface area contributed by atoms with Crippen LogP contribution in [0.4, 0.5) is 10.6 Å². The van der Waals surface area contributed by atoms with Gasteiger partial charge in [-0.25, -0.2) is 4.79 Å². The van der Waals surface area contributed by atoms with Crippen LogP contribution in [0.2, 0.25) is 0 Å². The molecule has 0 saturated carbocycles. The number of carbonyl (C=O) groups is 1. The Morgan fingerprint density at radius 3 is 2.69 bits per heavy atom. The van der Waals surface area contributed by atoms with Crippen LogP contribution in [0.25, 0.3) is 0 Å². The van der Waals surface area contributed by atoms with E-state index in [9.17, 15) is 4.79 Å². The molecule has 0 bridgehead atoms. The number of anilines is 1. The topological polar surface area (TPSA) is 65.9 Å². The van der Waals surface area contributed by atoms with Gasteiger partial charge in [-0.1, -0.05) is 0 Å². The van der Waals surface area contributed by atoms with Crippen molar-refractivity contribution in [1.29, 1.82) is 0 Å². The number of amides is 2. The van der Waals surface area contributed by atoms with Crippen LogP contribution in [0.3, 0.4) is 0 Å². The molecule has 2 amide bonds. The molecule has 26 heavy (non-hydrogen) atoms. The second-order valence-electron chi connectivity index (χ2n) is 7.54. The minimum absolute atomic E-state index is 0.0476. The lowest BCUT2D eigenvalue weighted by Crippen LogP contribution is -2.51. The molecule has 0 atom stereocenters. The zero-order chi connectivity index (χ0) is 18.4. The summed E-state index contributed by atoms with van der Waals surface area (Å²) in [6.45, 7) is 8.10. The van der Waals surface area contributed by atoms with Gasteiger partial charge in [-0.3, -0.25) is 14.9 Å². The summed E-state index contributed by atoms with van der Waals surface area (Å²) in [5.74, 6) is 1.37. The average Bonchev–Trinajstić information content (AvgIpc) is 3.09. The van der Waals surface area contributed by atoms with Crippen molar-refractivity contribution >= 4 is 11.8 Å². The smallest absolute Gasteiger partial charge is 0.323 e. The summed E-state index contributed by atoms with van der Waals surface area (Å²) >= 11 is 0. The largest absolute Gasteiger partial charge is 0.381 e. The van der Waals surface area contributed by atoms with Gasteiger partial charge in [0.05, 0.1) is 6.54 Å². The predicted octanol–water partition coefficient (Wildman–Crippen LogP) is 1.02. The fourth-order valence-electron chi connectivity index (χ4n) is 3.47. The van der Waals surface area contributed by atoms with Gasteiger partial charge in [-0.05, 0) is 32.9 Å². The van der Waals surface area contributed by atoms with Gasteiger partial charge < -0.3 is 14.5 Å². The van der Waals surface area contributed by atoms with Crippen LogP contribution in [0.5, 0.6) is 0 Å². The first kappa shape index (κ1) is 19.1. The maximum absolute atomic E-state index is 12.5. The Bertz CT molecular complexity index is 562. The van der Waals surface area contributed by atoms with Gasteiger partial charge in [0.1, 0.15) is 0 Å². The van der Waals surface area contributed by atoms with Crippen LogP contribution in [0.1, 0.15) is 12.8 Å². The van der Waals surface area contributed by atoms with E-state index in [1.165, 1.54) is 0 Å². The highest BCUT2D eigenvalue weighted by molar-refractivity contribution is 5.88. The second kappa shape index (κ2) is 9.34. The van der Waals surface area contributed by atoms with Crippen molar-refractivity contribution in [1.82, 2.24) is 24.5 Å². The fraction of sp³-hybridized carbons (Fsp3) is 0.778. The van der Waals surface area contributed by atoms with E-state index in [0.29, 0.717) is 5.82 Å². The molecule has 8 heteroatoms. The molecule has 1 aromatic heterocycles. The van der Waals surface area contributed by atoms with Gasteiger partial charge in [-0.15, -0.1) is 0 Å². The van der Waals surface area contributed by atoms with Gasteiger partial charge in [0.2, 0.25) is 0 Å². The Hall–Kier alpha value is -1.64. The molecule has 0 spiro atoms. The van der Waals surface area contributed by atoms with Gasteiger partial charge in [0, 0.05) is 64.7 Å². The number of nitrogens with one attached hydrogen (secondary N) is 1. The molecule has 0 aromatic carbocycles. The molecule has 2 aliphatic rings. The molecular formula is C18H32N6O2. The predicted molar refractivity (Wildman–Crippen MR) is 101 cm³/mol. The summed E-state index contributed by atoms with van der Waals surface area (Å²) < 4.78 is 7.30. The Morgan fingerprint density at radius 2 is 2.00 bits per heavy atom. The van der Waals surface area contributed by atoms with Gasteiger partial charge in [0.15, 0.2) is 5.82 Å². The van der Waals surface area contributed by atoms with Crippen molar-refractivity contribution in [2.45, 2.75) is 19.4 Å². The van der Waals surface area contributed by atoms with Crippen LogP contribution >= 0.6 is 0 Å². The molecule has 3 heterocycles. The number of likely N-dealkylation sites (N-methyl/N-ethyl adjacent to an activating group) is 1. The summed E-state index contributed by atoms with van der Waals surface area (Å²) in [6, 6.07) is 1.81. The molecule has 2 aliphatic heterocycles. The van der Waals surface area contributed by atoms with Crippen LogP contribution in [-0.2, 0) is 11.3 Å². The van der Waals surface area contributed by atoms with E-state index in [0.717, 1.165) is 77.8 Å². The van der Waals surface area contributed by atoms with Crippen LogP contribution in [0.15, 0.2) is 12.3 Å². The van der Waals surface area contributed by atoms with Crippen molar-refractivity contribution in [2.75, 3.05) is 71.9 Å². The maximum atomic E-state index is 12.5. The molecule has 1 N–H and O–H groups in total. The normalized spacial score (nSPS) is 19.9. The second-order valence-corrected chi connectivity index (χ2v) is 7.54. The van der Waals surface area contributed by atoms with Crippen molar-refractivity contribution < 1.29 is 9.53 Å². The fourth-order valence-corrected chi connectivity index (χ4v) is 3.47. The number of piperazine rings is 1. The number of nitrogens with zero attached hydrogens (tertiary/aromatic N) is 5. The van der Waals surface area contributed by atoms with Crippen LogP contribution in [0, 0.1) is 5.92 Å². The zero-order valence-electron chi connectivity index (χ0n) is 16.1. The van der Waals surface area contributed by atoms with Crippen molar-refractivity contribution in [3.63, 3.8) is 0 Å². The number of hydrogen-bond acceptors (Lipinski definition) is 5. The number of hydrogen-bond donors (Lipinski definition) is 1. The van der Waals surface area contributed by atoms with Gasteiger partial charge >= 0.3 is 6.03 Å². The maximum Gasteiger partial charge on any atom is 0.323 e. The quantitative estimate of drug-likeness (QED) is 0.816. The lowest BCUT2D eigenvalue weighted by atomic mass is 9.99. The average molecular weight is 364 g/mol. The first-order valence-electron chi connectivity index (χ1n) is 9.64. The number of carbonyl (C=O) groups excluding carboxylic acids is 1. The lowest BCUT2D eigenvalue weighted by Gasteiger charge is -2.37. The van der Waals surface area contributed by atoms with E-state index >= 15 is 0 Å². The van der Waals surface area contributed by atoms with E-state index in [1.54, 1.807) is 0 Å². The number of urea groups is 1. The molecule has 2 fully saturated rings. The molecule has 0 aliphatic carbocycles. The van der Waals surface area contributed by atoms with E-state index in [1.807, 2.05) is 35.9 Å². The Balaban J connectivity index is 1.39. The van der Waals surface area contributed by atoms with Crippen LogP contribution in [-0.4, -0.2) is 97.1 Å². The van der Waals surface area contributed by atoms with E-state index in [4.69, 9.17) is 4.74 Å². The SMILES string of the molecule is CN(C)CCn1ccc(NC(=O)N2CCN(CC3CCOCC3)CC2)n1. The van der Waals surface area contributed by atoms with E-state index in [-0.39, 0.29) is 6.03 Å². The molecule has 8 nitrogen and oxygen atoms in total. The van der Waals surface area contributed by atoms with Gasteiger partial charge in [-0.2, -0.15) is 5.10 Å². The number of aromatic nitrogens is 2. The highest BCUT2D eigenvalue weighted by Crippen LogP contribution is 2.17. The number of rotatable bonds is 6. The summed E-state index contributed by atoms with van der Waals surface area (Å²) in [4.78, 5) is 18.9. The summed E-state index contributed by atoms with van der Waals surface area (Å²) in [6.07, 6.45) is 4.24. The minimum atomic E-state index is -0.0476. The molecule has 0 unspecified atom stereocenters. The molecule has 146 valence electrons. The molecule has 1 aromatic rings. The van der Waals surface area contributed by atoms with Crippen molar-refractivity contribution in [3.05, 3.63) is 12.3 Å². The van der Waals surface area contributed by atoms with E-state index < -0.39 is 0 Å². The lowest BCUT2D eigenvalue weighted by molar-refractivity contribution is 0.0457. The summed E-state index contributed by atoms with van der Waals surface area (Å²) in [5, 5.41) is 7.34. The Kier molecular flexibility index (Phi) is 6.87. The molecule has 0 radical (unpaired) electrons. The molecular weight excluding hydrogens is 332 g/mol. The highest BCUT2D eigenvalue weighted by atomic mass is 16.5. The third-order valence-electron chi connectivity index (χ3n) is 5.17. The minimum Gasteiger partial charge on any atom is -0.381 e. The number of ether oxygens (including phenoxy) is 1. The van der Waals surface area contributed by atoms with Gasteiger partial charge in [0.25, 0.3) is 0 Å². The van der Waals surface area contributed by atoms with E-state index in [2.05, 4.69) is 20.2 Å². The Morgan fingerprint density at radius 1 is 1.27 bits per heavy atom.